The van der Waals surface area contributed by atoms with E-state index in [1.165, 1.54) is 12.6 Å². The number of amides is 1. The Morgan fingerprint density at radius 2 is 1.66 bits per heavy atom. The maximum Gasteiger partial charge on any atom is 0.243 e. The van der Waals surface area contributed by atoms with E-state index in [2.05, 4.69) is 26.1 Å². The third-order valence-electron chi connectivity index (χ3n) is 4.64. The number of rotatable bonds is 8. The van der Waals surface area contributed by atoms with Crippen LogP contribution in [0.25, 0.3) is 0 Å². The zero-order chi connectivity index (χ0) is 21.7. The molecule has 1 atom stereocenters. The van der Waals surface area contributed by atoms with Gasteiger partial charge in [0.1, 0.15) is 18.4 Å². The fourth-order valence-corrected chi connectivity index (χ4v) is 3.44. The first-order valence-electron chi connectivity index (χ1n) is 9.49. The van der Waals surface area contributed by atoms with Gasteiger partial charge in [-0.2, -0.15) is 4.31 Å². The van der Waals surface area contributed by atoms with Crippen molar-refractivity contribution >= 4 is 15.9 Å². The van der Waals surface area contributed by atoms with Crippen LogP contribution in [0, 0.1) is 0 Å². The van der Waals surface area contributed by atoms with Crippen LogP contribution >= 0.6 is 0 Å². The zero-order valence-corrected chi connectivity index (χ0v) is 18.5. The largest absolute Gasteiger partial charge is 0.492 e. The van der Waals surface area contributed by atoms with Gasteiger partial charge in [0.05, 0.1) is 12.8 Å². The monoisotopic (exact) mass is 418 g/mol. The molecule has 0 heterocycles. The number of hydrogen-bond acceptors (Lipinski definition) is 4. The van der Waals surface area contributed by atoms with Crippen LogP contribution in [0.2, 0.25) is 0 Å². The summed E-state index contributed by atoms with van der Waals surface area (Å²) in [7, 11) is -2.14. The van der Waals surface area contributed by atoms with Gasteiger partial charge in [0.25, 0.3) is 0 Å². The average Bonchev–Trinajstić information content (AvgIpc) is 2.65. The maximum atomic E-state index is 12.7. The van der Waals surface area contributed by atoms with E-state index in [0.29, 0.717) is 5.56 Å². The van der Waals surface area contributed by atoms with Crippen molar-refractivity contribution in [2.75, 3.05) is 26.5 Å². The van der Waals surface area contributed by atoms with Crippen LogP contribution in [0.4, 0.5) is 0 Å². The van der Waals surface area contributed by atoms with Gasteiger partial charge in [0.2, 0.25) is 15.9 Å². The number of likely N-dealkylation sites (N-methyl/N-ethyl adjacent to an activating group) is 1. The van der Waals surface area contributed by atoms with Crippen molar-refractivity contribution in [3.63, 3.8) is 0 Å². The minimum Gasteiger partial charge on any atom is -0.492 e. The number of hydrogen-bond donors (Lipinski definition) is 1. The first kappa shape index (κ1) is 22.9. The molecule has 6 nitrogen and oxygen atoms in total. The van der Waals surface area contributed by atoms with Crippen LogP contribution in [0.5, 0.6) is 5.75 Å². The molecule has 0 fully saturated rings. The molecule has 0 aliphatic heterocycles. The molecule has 2 aromatic rings. The van der Waals surface area contributed by atoms with Crippen LogP contribution in [0.3, 0.4) is 0 Å². The molecule has 1 amide bonds. The lowest BCUT2D eigenvalue weighted by Crippen LogP contribution is -2.42. The third kappa shape index (κ3) is 6.58. The highest BCUT2D eigenvalue weighted by molar-refractivity contribution is 7.88. The molecule has 0 bridgehead atoms. The minimum absolute atomic E-state index is 0.0740. The molecule has 0 aromatic heterocycles. The van der Waals surface area contributed by atoms with E-state index in [1.54, 1.807) is 24.3 Å². The summed E-state index contributed by atoms with van der Waals surface area (Å²) in [5, 5.41) is 2.77. The van der Waals surface area contributed by atoms with Gasteiger partial charge in [-0.05, 0) is 28.7 Å². The van der Waals surface area contributed by atoms with Crippen LogP contribution < -0.4 is 10.1 Å². The smallest absolute Gasteiger partial charge is 0.243 e. The second-order valence-electron chi connectivity index (χ2n) is 8.01. The van der Waals surface area contributed by atoms with E-state index in [0.717, 1.165) is 16.3 Å². The van der Waals surface area contributed by atoms with Crippen LogP contribution in [-0.4, -0.2) is 45.1 Å². The van der Waals surface area contributed by atoms with Crippen molar-refractivity contribution in [1.29, 1.82) is 0 Å². The molecule has 158 valence electrons. The highest BCUT2D eigenvalue weighted by Crippen LogP contribution is 2.24. The van der Waals surface area contributed by atoms with Crippen molar-refractivity contribution in [1.82, 2.24) is 9.62 Å². The summed E-state index contributed by atoms with van der Waals surface area (Å²) in [6.45, 7) is 6.99. The second-order valence-corrected chi connectivity index (χ2v) is 10.0. The molecule has 0 radical (unpaired) electrons. The molecule has 0 unspecified atom stereocenters. The van der Waals surface area contributed by atoms with Gasteiger partial charge in [0.15, 0.2) is 0 Å². The minimum atomic E-state index is -3.54. The Labute approximate surface area is 173 Å². The van der Waals surface area contributed by atoms with Gasteiger partial charge in [-0.1, -0.05) is 63.2 Å². The van der Waals surface area contributed by atoms with Gasteiger partial charge in [-0.3, -0.25) is 4.79 Å². The Hall–Kier alpha value is -2.38. The molecular formula is C22H30N2O4S. The van der Waals surface area contributed by atoms with E-state index in [1.807, 2.05) is 30.3 Å². The lowest BCUT2D eigenvalue weighted by molar-refractivity contribution is -0.124. The van der Waals surface area contributed by atoms with Gasteiger partial charge in [0, 0.05) is 7.05 Å². The van der Waals surface area contributed by atoms with Gasteiger partial charge >= 0.3 is 0 Å². The summed E-state index contributed by atoms with van der Waals surface area (Å²) in [6.07, 6.45) is 1.08. The van der Waals surface area contributed by atoms with Gasteiger partial charge in [-0.25, -0.2) is 8.42 Å². The number of benzene rings is 2. The predicted molar refractivity (Wildman–Crippen MR) is 115 cm³/mol. The summed E-state index contributed by atoms with van der Waals surface area (Å²) in [6, 6.07) is 15.8. The number of sulfonamides is 1. The van der Waals surface area contributed by atoms with E-state index in [-0.39, 0.29) is 18.6 Å². The fraction of sp³-hybridized carbons (Fsp3) is 0.409. The number of ether oxygens (including phenoxy) is 1. The molecule has 0 saturated carbocycles. The zero-order valence-electron chi connectivity index (χ0n) is 17.7. The molecule has 0 aliphatic carbocycles. The molecule has 0 saturated heterocycles. The number of nitrogens with zero attached hydrogens (tertiary/aromatic N) is 1. The third-order valence-corrected chi connectivity index (χ3v) is 5.90. The SMILES string of the molecule is CN([C@@H](C(=O)NCCOc1ccc(C(C)(C)C)cc1)c1ccccc1)S(C)(=O)=O. The quantitative estimate of drug-likeness (QED) is 0.669. The Kier molecular flexibility index (Phi) is 7.43. The summed E-state index contributed by atoms with van der Waals surface area (Å²) < 4.78 is 30.7. The van der Waals surface area contributed by atoms with E-state index in [4.69, 9.17) is 4.74 Å². The summed E-state index contributed by atoms with van der Waals surface area (Å²) in [4.78, 5) is 12.7. The molecular weight excluding hydrogens is 388 g/mol. The number of nitrogens with one attached hydrogen (secondary N) is 1. The Morgan fingerprint density at radius 3 is 2.17 bits per heavy atom. The topological polar surface area (TPSA) is 75.7 Å². The molecule has 7 heteroatoms. The van der Waals surface area contributed by atoms with Gasteiger partial charge in [-0.15, -0.1) is 0 Å². The molecule has 2 rings (SSSR count). The van der Waals surface area contributed by atoms with Crippen LogP contribution in [0.15, 0.2) is 54.6 Å². The van der Waals surface area contributed by atoms with E-state index in [9.17, 15) is 13.2 Å². The van der Waals surface area contributed by atoms with Crippen LogP contribution in [-0.2, 0) is 20.2 Å². The Balaban J connectivity index is 1.96. The second kappa shape index (κ2) is 9.41. The Bertz CT molecular complexity index is 904. The number of carbonyl (C=O) groups is 1. The summed E-state index contributed by atoms with van der Waals surface area (Å²) >= 11 is 0. The highest BCUT2D eigenvalue weighted by atomic mass is 32.2. The molecule has 0 spiro atoms. The van der Waals surface area contributed by atoms with Crippen molar-refractivity contribution in [2.24, 2.45) is 0 Å². The average molecular weight is 419 g/mol. The highest BCUT2D eigenvalue weighted by Gasteiger charge is 2.30. The van der Waals surface area contributed by atoms with Crippen LogP contribution in [0.1, 0.15) is 37.9 Å². The predicted octanol–water partition coefficient (Wildman–Crippen LogP) is 3.11. The summed E-state index contributed by atoms with van der Waals surface area (Å²) in [5.41, 5.74) is 1.90. The van der Waals surface area contributed by atoms with Crippen molar-refractivity contribution in [2.45, 2.75) is 32.2 Å². The first-order chi connectivity index (χ1) is 13.5. The van der Waals surface area contributed by atoms with E-state index >= 15 is 0 Å². The van der Waals surface area contributed by atoms with Crippen molar-refractivity contribution in [3.05, 3.63) is 65.7 Å². The normalized spacial score (nSPS) is 13.2. The van der Waals surface area contributed by atoms with Crippen molar-refractivity contribution in [3.8, 4) is 5.75 Å². The standard InChI is InChI=1S/C22H30N2O4S/c1-22(2,3)18-11-13-19(14-12-18)28-16-15-23-21(25)20(24(4)29(5,26)27)17-9-7-6-8-10-17/h6-14,20H,15-16H2,1-5H3,(H,23,25)/t20-/m1/s1. The first-order valence-corrected chi connectivity index (χ1v) is 11.3. The fourth-order valence-electron chi connectivity index (χ4n) is 2.84. The molecule has 2 aromatic carbocycles. The maximum absolute atomic E-state index is 12.7. The Morgan fingerprint density at radius 1 is 1.07 bits per heavy atom. The molecule has 29 heavy (non-hydrogen) atoms. The van der Waals surface area contributed by atoms with Crippen molar-refractivity contribution < 1.29 is 17.9 Å². The molecule has 0 aliphatic rings. The van der Waals surface area contributed by atoms with Gasteiger partial charge < -0.3 is 10.1 Å². The summed E-state index contributed by atoms with van der Waals surface area (Å²) in [5.74, 6) is 0.330. The van der Waals surface area contributed by atoms with E-state index < -0.39 is 22.0 Å². The number of carbonyl (C=O) groups excluding carboxylic acids is 1. The molecule has 1 N–H and O–H groups in total. The lowest BCUT2D eigenvalue weighted by atomic mass is 9.87. The lowest BCUT2D eigenvalue weighted by Gasteiger charge is -2.25.